The van der Waals surface area contributed by atoms with Crippen LogP contribution < -0.4 is 0 Å². The molecule has 0 saturated carbocycles. The number of nitrogens with zero attached hydrogens (tertiary/aromatic N) is 3. The van der Waals surface area contributed by atoms with Crippen LogP contribution in [0.15, 0.2) is 6.20 Å². The molecule has 0 aliphatic heterocycles. The molecule has 0 N–H and O–H groups in total. The third-order valence-corrected chi connectivity index (χ3v) is 1.32. The van der Waals surface area contributed by atoms with Crippen LogP contribution in [-0.4, -0.2) is 15.0 Å². The Morgan fingerprint density at radius 3 is 2.54 bits per heavy atom. The number of rotatable bonds is 3. The zero-order chi connectivity index (χ0) is 7.40. The molecule has 1 rings (SSSR count). The molecule has 1 aromatic rings. The second-order valence-corrected chi connectivity index (χ2v) is 2.22. The van der Waals surface area contributed by atoms with Crippen LogP contribution in [0.5, 0.6) is 0 Å². The monoisotopic (exact) mass is 293 g/mol. The zero-order valence-corrected chi connectivity index (χ0v) is 12.5. The molecule has 13 heavy (non-hydrogen) atoms. The van der Waals surface area contributed by atoms with Crippen LogP contribution in [0.1, 0.15) is 19.0 Å². The summed E-state index contributed by atoms with van der Waals surface area (Å²) in [5, 5.41) is 7.81. The largest absolute Gasteiger partial charge is 0.358 e. The summed E-state index contributed by atoms with van der Waals surface area (Å²) >= 11 is 0. The summed E-state index contributed by atoms with van der Waals surface area (Å²) in [4.78, 5) is 0. The normalized spacial score (nSPS) is 7.85. The van der Waals surface area contributed by atoms with Crippen LogP contribution in [0.4, 0.5) is 0 Å². The van der Waals surface area contributed by atoms with Crippen LogP contribution in [0.3, 0.4) is 0 Å². The average molecular weight is 293 g/mol. The predicted molar refractivity (Wildman–Crippen MR) is 45.8 cm³/mol. The van der Waals surface area contributed by atoms with E-state index in [9.17, 15) is 0 Å². The van der Waals surface area contributed by atoms with Crippen LogP contribution in [0.25, 0.3) is 0 Å². The van der Waals surface area contributed by atoms with Crippen molar-refractivity contribution in [3.05, 3.63) is 26.2 Å². The van der Waals surface area contributed by atoms with E-state index in [0.29, 0.717) is 6.54 Å². The zero-order valence-electron chi connectivity index (χ0n) is 8.27. The maximum atomic E-state index is 3.95. The van der Waals surface area contributed by atoms with Crippen molar-refractivity contribution in [3.63, 3.8) is 0 Å². The second kappa shape index (κ2) is 10.9. The quantitative estimate of drug-likeness (QED) is 0.791. The van der Waals surface area contributed by atoms with Crippen LogP contribution >= 0.6 is 0 Å². The van der Waals surface area contributed by atoms with Crippen LogP contribution in [-0.2, 0) is 64.2 Å². The fourth-order valence-corrected chi connectivity index (χ4v) is 0.819. The maximum absolute atomic E-state index is 3.95. The molecule has 72 valence electrons. The van der Waals surface area contributed by atoms with Crippen molar-refractivity contribution in [2.75, 3.05) is 0 Å². The fraction of sp³-hybridized carbons (Fsp3) is 0.500. The molecule has 0 fully saturated rings. The second-order valence-electron chi connectivity index (χ2n) is 2.22. The Morgan fingerprint density at radius 1 is 1.54 bits per heavy atom. The number of aromatic nitrogens is 3. The smallest absolute Gasteiger partial charge is 0.0825 e. The Bertz CT molecular complexity index is 203. The summed E-state index contributed by atoms with van der Waals surface area (Å²) in [5.74, 6) is 0. The van der Waals surface area contributed by atoms with Gasteiger partial charge in [-0.05, 0) is 6.42 Å². The molecule has 1 aromatic heterocycles. The van der Waals surface area contributed by atoms with E-state index in [-0.39, 0.29) is 58.7 Å². The van der Waals surface area contributed by atoms with Gasteiger partial charge < -0.3 is 14.4 Å². The van der Waals surface area contributed by atoms with Crippen molar-refractivity contribution in [1.29, 1.82) is 0 Å². The van der Waals surface area contributed by atoms with Gasteiger partial charge in [0.1, 0.15) is 0 Å². The molecular formula is C8H15N3VY-2. The van der Waals surface area contributed by atoms with Crippen molar-refractivity contribution in [1.82, 2.24) is 15.0 Å². The third kappa shape index (κ3) is 6.84. The van der Waals surface area contributed by atoms with Gasteiger partial charge in [-0.1, -0.05) is 25.1 Å². The Kier molecular flexibility index (Phi) is 16.3. The van der Waals surface area contributed by atoms with Crippen molar-refractivity contribution in [2.24, 2.45) is 0 Å². The molecule has 0 saturated heterocycles. The van der Waals surface area contributed by atoms with Gasteiger partial charge in [0.05, 0.1) is 5.69 Å². The molecule has 1 heterocycles. The summed E-state index contributed by atoms with van der Waals surface area (Å²) in [7, 11) is 0. The van der Waals surface area contributed by atoms with Gasteiger partial charge in [0.25, 0.3) is 0 Å². The Hall–Kier alpha value is 0.828. The third-order valence-electron chi connectivity index (χ3n) is 1.32. The first kappa shape index (κ1) is 19.4. The minimum atomic E-state index is 0. The molecule has 5 heteroatoms. The summed E-state index contributed by atoms with van der Waals surface area (Å²) in [6.45, 7) is 6.48. The molecule has 2 radical (unpaired) electrons. The number of aryl methyl sites for hydroxylation is 1. The van der Waals surface area contributed by atoms with Crippen molar-refractivity contribution >= 4 is 0 Å². The van der Waals surface area contributed by atoms with Crippen LogP contribution in [0, 0.1) is 14.4 Å². The van der Waals surface area contributed by atoms with E-state index in [1.165, 1.54) is 0 Å². The molecule has 0 atom stereocenters. The van der Waals surface area contributed by atoms with E-state index in [1.807, 2.05) is 6.20 Å². The first-order chi connectivity index (χ1) is 4.86. The first-order valence-electron chi connectivity index (χ1n) is 3.55. The minimum absolute atomic E-state index is 0. The summed E-state index contributed by atoms with van der Waals surface area (Å²) in [5.41, 5.74) is 1.06. The standard InChI is InChI=1S/C7H12N3.CH3.V.Y/c1-3-5-7-6-10(4-2)9-8-7;;;/h6H,2-5H2,1H3;1H3;;/q2*-1;;. The van der Waals surface area contributed by atoms with E-state index >= 15 is 0 Å². The van der Waals surface area contributed by atoms with Gasteiger partial charge in [-0.2, -0.15) is 0 Å². The van der Waals surface area contributed by atoms with Gasteiger partial charge in [-0.15, -0.1) is 5.10 Å². The summed E-state index contributed by atoms with van der Waals surface area (Å²) in [6, 6.07) is 0. The molecule has 0 bridgehead atoms. The molecule has 0 spiro atoms. The predicted octanol–water partition coefficient (Wildman–Crippen LogP) is 1.51. The molecule has 0 unspecified atom stereocenters. The van der Waals surface area contributed by atoms with Crippen molar-refractivity contribution in [2.45, 2.75) is 26.3 Å². The molecule has 0 aliphatic rings. The van der Waals surface area contributed by atoms with E-state index in [2.05, 4.69) is 24.2 Å². The Morgan fingerprint density at radius 2 is 2.15 bits per heavy atom. The molecule has 0 amide bonds. The van der Waals surface area contributed by atoms with Gasteiger partial charge in [-0.25, -0.2) is 0 Å². The molecule has 3 nitrogen and oxygen atoms in total. The molecule has 0 aliphatic carbocycles. The number of hydrogen-bond acceptors (Lipinski definition) is 2. The van der Waals surface area contributed by atoms with E-state index in [0.717, 1.165) is 18.5 Å². The van der Waals surface area contributed by atoms with Gasteiger partial charge in [0.15, 0.2) is 0 Å². The summed E-state index contributed by atoms with van der Waals surface area (Å²) in [6.07, 6.45) is 4.08. The van der Waals surface area contributed by atoms with Crippen molar-refractivity contribution in [3.8, 4) is 0 Å². The molecule has 0 aromatic carbocycles. The van der Waals surface area contributed by atoms with E-state index < -0.39 is 0 Å². The van der Waals surface area contributed by atoms with E-state index in [1.54, 1.807) is 4.68 Å². The Labute approximate surface area is 118 Å². The fourth-order valence-electron chi connectivity index (χ4n) is 0.819. The van der Waals surface area contributed by atoms with Gasteiger partial charge in [0.2, 0.25) is 0 Å². The van der Waals surface area contributed by atoms with Gasteiger partial charge in [-0.3, -0.25) is 4.68 Å². The minimum Gasteiger partial charge on any atom is -0.358 e. The Balaban J connectivity index is -0.000000333. The van der Waals surface area contributed by atoms with Gasteiger partial charge in [0, 0.05) is 57.5 Å². The van der Waals surface area contributed by atoms with E-state index in [4.69, 9.17) is 0 Å². The molecular weight excluding hydrogens is 278 g/mol. The topological polar surface area (TPSA) is 30.7 Å². The maximum Gasteiger partial charge on any atom is 0.0825 e. The number of hydrogen-bond donors (Lipinski definition) is 0. The summed E-state index contributed by atoms with van der Waals surface area (Å²) < 4.78 is 1.74. The SMILES string of the molecule is [CH2-]Cn1cc(CCC)nn1.[CH3-].[V].[Y]. The average Bonchev–Trinajstić information content (AvgIpc) is 2.37. The van der Waals surface area contributed by atoms with Crippen molar-refractivity contribution < 1.29 is 51.3 Å². The van der Waals surface area contributed by atoms with Crippen LogP contribution in [0.2, 0.25) is 0 Å². The first-order valence-corrected chi connectivity index (χ1v) is 3.55. The van der Waals surface area contributed by atoms with Gasteiger partial charge >= 0.3 is 0 Å².